The van der Waals surface area contributed by atoms with Crippen molar-refractivity contribution >= 4 is 17.8 Å². The highest BCUT2D eigenvalue weighted by Gasteiger charge is 2.40. The Morgan fingerprint density at radius 3 is 2.93 bits per heavy atom. The Bertz CT molecular complexity index is 905. The van der Waals surface area contributed by atoms with E-state index in [9.17, 15) is 9.59 Å². The summed E-state index contributed by atoms with van der Waals surface area (Å²) in [7, 11) is 0. The van der Waals surface area contributed by atoms with E-state index in [4.69, 9.17) is 4.74 Å². The molecule has 2 aromatic rings. The van der Waals surface area contributed by atoms with Gasteiger partial charge in [-0.1, -0.05) is 6.07 Å². The van der Waals surface area contributed by atoms with Crippen LogP contribution in [0, 0.1) is 6.92 Å². The number of aryl methyl sites for hydroxylation is 1. The molecule has 8 heteroatoms. The molecule has 2 aromatic heterocycles. The lowest BCUT2D eigenvalue weighted by atomic mass is 10.0. The molecule has 8 nitrogen and oxygen atoms in total. The molecule has 2 atom stereocenters. The molecule has 2 amide bonds. The van der Waals surface area contributed by atoms with Gasteiger partial charge in [-0.3, -0.25) is 14.9 Å². The summed E-state index contributed by atoms with van der Waals surface area (Å²) in [5.41, 5.74) is 2.63. The zero-order valence-corrected chi connectivity index (χ0v) is 16.8. The van der Waals surface area contributed by atoms with Crippen LogP contribution in [0.25, 0.3) is 0 Å². The first-order chi connectivity index (χ1) is 13.9. The van der Waals surface area contributed by atoms with E-state index in [1.807, 2.05) is 32.0 Å². The highest BCUT2D eigenvalue weighted by Crippen LogP contribution is 2.37. The molecule has 2 saturated carbocycles. The van der Waals surface area contributed by atoms with Crippen LogP contribution in [0.3, 0.4) is 0 Å². The lowest BCUT2D eigenvalue weighted by Gasteiger charge is -2.16. The number of hydrogen-bond acceptors (Lipinski definition) is 5. The highest BCUT2D eigenvalue weighted by atomic mass is 16.6. The van der Waals surface area contributed by atoms with Crippen molar-refractivity contribution in [3.8, 4) is 0 Å². The smallest absolute Gasteiger partial charge is 0.407 e. The predicted molar refractivity (Wildman–Crippen MR) is 108 cm³/mol. The van der Waals surface area contributed by atoms with Crippen LogP contribution in [0.1, 0.15) is 61.9 Å². The molecule has 0 saturated heterocycles. The van der Waals surface area contributed by atoms with Crippen LogP contribution in [-0.2, 0) is 16.0 Å². The van der Waals surface area contributed by atoms with E-state index in [1.165, 1.54) is 0 Å². The summed E-state index contributed by atoms with van der Waals surface area (Å²) in [4.78, 5) is 28.5. The number of nitrogens with one attached hydrogen (secondary N) is 3. The maximum absolute atomic E-state index is 12.3. The summed E-state index contributed by atoms with van der Waals surface area (Å²) in [6.07, 6.45) is 6.01. The number of aromatic amines is 1. The van der Waals surface area contributed by atoms with Crippen molar-refractivity contribution in [3.63, 3.8) is 0 Å². The van der Waals surface area contributed by atoms with Gasteiger partial charge in [0.2, 0.25) is 5.91 Å². The van der Waals surface area contributed by atoms with E-state index in [2.05, 4.69) is 25.8 Å². The molecule has 2 heterocycles. The number of amides is 2. The number of H-pyrrole nitrogens is 1. The third-order valence-corrected chi connectivity index (χ3v) is 5.81. The van der Waals surface area contributed by atoms with Gasteiger partial charge in [0.1, 0.15) is 6.10 Å². The number of carbonyl (C=O) groups is 2. The van der Waals surface area contributed by atoms with Crippen LogP contribution in [0.15, 0.2) is 24.4 Å². The lowest BCUT2D eigenvalue weighted by molar-refractivity contribution is -0.115. The van der Waals surface area contributed by atoms with Gasteiger partial charge in [0, 0.05) is 29.4 Å². The van der Waals surface area contributed by atoms with E-state index < -0.39 is 0 Å². The van der Waals surface area contributed by atoms with E-state index in [0.29, 0.717) is 5.82 Å². The van der Waals surface area contributed by atoms with Crippen LogP contribution in [0.2, 0.25) is 0 Å². The third kappa shape index (κ3) is 4.93. The van der Waals surface area contributed by atoms with E-state index in [0.717, 1.165) is 49.1 Å². The number of aromatic nitrogens is 3. The van der Waals surface area contributed by atoms with Gasteiger partial charge in [0.25, 0.3) is 0 Å². The van der Waals surface area contributed by atoms with Crippen molar-refractivity contribution in [2.45, 2.75) is 69.9 Å². The molecule has 29 heavy (non-hydrogen) atoms. The van der Waals surface area contributed by atoms with E-state index in [1.54, 1.807) is 6.20 Å². The average Bonchev–Trinajstić information content (AvgIpc) is 3.06. The Labute approximate surface area is 169 Å². The van der Waals surface area contributed by atoms with Crippen molar-refractivity contribution in [3.05, 3.63) is 41.3 Å². The van der Waals surface area contributed by atoms with E-state index in [-0.39, 0.29) is 36.0 Å². The van der Waals surface area contributed by atoms with Crippen LogP contribution >= 0.6 is 0 Å². The number of rotatable bonds is 6. The second-order valence-electron chi connectivity index (χ2n) is 8.42. The first-order valence-electron chi connectivity index (χ1n) is 10.1. The minimum Gasteiger partial charge on any atom is -0.446 e. The fourth-order valence-electron chi connectivity index (χ4n) is 3.72. The molecule has 0 aromatic carbocycles. The Morgan fingerprint density at radius 2 is 2.17 bits per heavy atom. The first-order valence-corrected chi connectivity index (χ1v) is 10.1. The maximum atomic E-state index is 12.3. The molecule has 1 unspecified atom stereocenters. The number of carbonyl (C=O) groups excluding carboxylic acids is 2. The SMILES string of the molecule is Cc1cccnc1CC(=O)Nc1cc([C@H]2CCC(OC(=O)NC3(C)CC3)C2)[nH]n1. The predicted octanol–water partition coefficient (Wildman–Crippen LogP) is 3.21. The van der Waals surface area contributed by atoms with Crippen LogP contribution in [-0.4, -0.2) is 38.8 Å². The molecule has 4 rings (SSSR count). The van der Waals surface area contributed by atoms with Crippen LogP contribution < -0.4 is 10.6 Å². The van der Waals surface area contributed by atoms with Crippen molar-refractivity contribution in [2.24, 2.45) is 0 Å². The monoisotopic (exact) mass is 397 g/mol. The van der Waals surface area contributed by atoms with Gasteiger partial charge in [-0.05, 0) is 57.6 Å². The maximum Gasteiger partial charge on any atom is 0.407 e. The standard InChI is InChI=1S/C21H27N5O3/c1-13-4-3-9-22-16(13)12-19(27)23-18-11-17(25-26-18)14-5-6-15(10-14)29-20(28)24-21(2)7-8-21/h3-4,9,11,14-15H,5-8,10,12H2,1-2H3,(H,24,28)(H2,23,25,26,27)/t14-,15?/m0/s1. The van der Waals surface area contributed by atoms with Gasteiger partial charge in [-0.25, -0.2) is 4.79 Å². The quantitative estimate of drug-likeness (QED) is 0.693. The zero-order chi connectivity index (χ0) is 20.4. The summed E-state index contributed by atoms with van der Waals surface area (Å²) < 4.78 is 5.57. The zero-order valence-electron chi connectivity index (χ0n) is 16.8. The summed E-state index contributed by atoms with van der Waals surface area (Å²) in [6.45, 7) is 3.97. The molecule has 2 fully saturated rings. The first kappa shape index (κ1) is 19.4. The summed E-state index contributed by atoms with van der Waals surface area (Å²) in [5, 5.41) is 13.0. The number of nitrogens with zero attached hydrogens (tertiary/aromatic N) is 2. The lowest BCUT2D eigenvalue weighted by Crippen LogP contribution is -2.36. The summed E-state index contributed by atoms with van der Waals surface area (Å²) >= 11 is 0. The fraction of sp³-hybridized carbons (Fsp3) is 0.524. The van der Waals surface area contributed by atoms with Gasteiger partial charge in [-0.2, -0.15) is 5.10 Å². The minimum absolute atomic E-state index is 0.0701. The topological polar surface area (TPSA) is 109 Å². The molecule has 0 aliphatic heterocycles. The second-order valence-corrected chi connectivity index (χ2v) is 8.42. The highest BCUT2D eigenvalue weighted by molar-refractivity contribution is 5.91. The van der Waals surface area contributed by atoms with Gasteiger partial charge >= 0.3 is 6.09 Å². The Morgan fingerprint density at radius 1 is 1.34 bits per heavy atom. The Balaban J connectivity index is 1.27. The van der Waals surface area contributed by atoms with Gasteiger partial charge < -0.3 is 15.4 Å². The number of hydrogen-bond donors (Lipinski definition) is 3. The second kappa shape index (κ2) is 7.85. The number of anilines is 1. The molecule has 154 valence electrons. The molecular formula is C21H27N5O3. The van der Waals surface area contributed by atoms with Gasteiger partial charge in [0.15, 0.2) is 5.82 Å². The van der Waals surface area contributed by atoms with Crippen molar-refractivity contribution < 1.29 is 14.3 Å². The Kier molecular flexibility index (Phi) is 5.25. The third-order valence-electron chi connectivity index (χ3n) is 5.81. The van der Waals surface area contributed by atoms with Crippen molar-refractivity contribution in [2.75, 3.05) is 5.32 Å². The molecule has 2 aliphatic rings. The van der Waals surface area contributed by atoms with Crippen LogP contribution in [0.5, 0.6) is 0 Å². The van der Waals surface area contributed by atoms with Gasteiger partial charge in [0.05, 0.1) is 12.1 Å². The molecule has 0 radical (unpaired) electrons. The van der Waals surface area contributed by atoms with Crippen molar-refractivity contribution in [1.82, 2.24) is 20.5 Å². The minimum atomic E-state index is -0.321. The van der Waals surface area contributed by atoms with E-state index >= 15 is 0 Å². The van der Waals surface area contributed by atoms with Crippen molar-refractivity contribution in [1.29, 1.82) is 0 Å². The number of ether oxygens (including phenoxy) is 1. The largest absolute Gasteiger partial charge is 0.446 e. The number of pyridine rings is 1. The summed E-state index contributed by atoms with van der Waals surface area (Å²) in [5.74, 6) is 0.588. The normalized spacial score (nSPS) is 22.1. The molecule has 0 spiro atoms. The summed E-state index contributed by atoms with van der Waals surface area (Å²) in [6, 6.07) is 5.65. The average molecular weight is 397 g/mol. The molecule has 0 bridgehead atoms. The number of alkyl carbamates (subject to hydrolysis) is 1. The van der Waals surface area contributed by atoms with Gasteiger partial charge in [-0.15, -0.1) is 0 Å². The Hall–Kier alpha value is -2.90. The molecule has 3 N–H and O–H groups in total. The molecule has 2 aliphatic carbocycles. The fourth-order valence-corrected chi connectivity index (χ4v) is 3.72. The van der Waals surface area contributed by atoms with Crippen LogP contribution in [0.4, 0.5) is 10.6 Å². The molecular weight excluding hydrogens is 370 g/mol.